The number of anilines is 1. The molecule has 0 radical (unpaired) electrons. The van der Waals surface area contributed by atoms with E-state index < -0.39 is 36.3 Å². The van der Waals surface area contributed by atoms with Crippen molar-refractivity contribution in [2.45, 2.75) is 24.0 Å². The van der Waals surface area contributed by atoms with Crippen molar-refractivity contribution in [2.75, 3.05) is 19.4 Å². The smallest absolute Gasteiger partial charge is 0.351 e. The van der Waals surface area contributed by atoms with Gasteiger partial charge >= 0.3 is 5.69 Å². The fraction of sp³-hybridized carbons (Fsp3) is 0.545. The zero-order chi connectivity index (χ0) is 14.9. The minimum atomic E-state index is -1.57. The number of nitrogens with two attached hydrogens (primary N) is 1. The maximum Gasteiger partial charge on any atom is 0.351 e. The molecule has 1 aromatic heterocycles. The fourth-order valence-electron chi connectivity index (χ4n) is 2.15. The first-order valence-electron chi connectivity index (χ1n) is 5.88. The van der Waals surface area contributed by atoms with Crippen molar-refractivity contribution in [3.63, 3.8) is 0 Å². The van der Waals surface area contributed by atoms with E-state index in [1.165, 1.54) is 25.5 Å². The molecule has 110 valence electrons. The van der Waals surface area contributed by atoms with Gasteiger partial charge in [-0.25, -0.2) is 4.79 Å². The van der Waals surface area contributed by atoms with Crippen LogP contribution in [0.3, 0.4) is 0 Å². The molecule has 5 N–H and O–H groups in total. The molecule has 0 spiro atoms. The molecule has 0 saturated carbocycles. The van der Waals surface area contributed by atoms with E-state index in [9.17, 15) is 20.1 Å². The van der Waals surface area contributed by atoms with Crippen molar-refractivity contribution in [1.82, 2.24) is 9.55 Å². The van der Waals surface area contributed by atoms with Gasteiger partial charge < -0.3 is 25.8 Å². The van der Waals surface area contributed by atoms with Gasteiger partial charge in [0.2, 0.25) is 0 Å². The van der Waals surface area contributed by atoms with Crippen LogP contribution in [0.5, 0.6) is 0 Å². The van der Waals surface area contributed by atoms with Gasteiger partial charge in [-0.15, -0.1) is 0 Å². The van der Waals surface area contributed by atoms with E-state index in [1.54, 1.807) is 0 Å². The Balaban J connectivity index is 2.42. The zero-order valence-electron chi connectivity index (χ0n) is 10.7. The number of nitrogens with zero attached hydrogens (tertiary/aromatic N) is 3. The molecule has 0 bridgehead atoms. The Morgan fingerprint density at radius 1 is 1.65 bits per heavy atom. The summed E-state index contributed by atoms with van der Waals surface area (Å²) in [5.41, 5.74) is 3.07. The van der Waals surface area contributed by atoms with Crippen molar-refractivity contribution < 1.29 is 20.1 Å². The van der Waals surface area contributed by atoms with Crippen LogP contribution in [-0.4, -0.2) is 62.5 Å². The molecule has 1 aliphatic rings. The molecular formula is C11H16N4O5. The van der Waals surface area contributed by atoms with Gasteiger partial charge in [-0.05, 0) is 6.07 Å². The van der Waals surface area contributed by atoms with E-state index in [1.807, 2.05) is 0 Å². The second kappa shape index (κ2) is 5.29. The lowest BCUT2D eigenvalue weighted by Gasteiger charge is -2.25. The molecule has 0 aliphatic carbocycles. The SMILES string of the molecule is CN=C[C@]1(CO)O[C@@H](n2ccc(N)nc2=O)[C@H](O)[C@@H]1O. The number of hydrogen-bond acceptors (Lipinski definition) is 8. The highest BCUT2D eigenvalue weighted by Gasteiger charge is 2.54. The normalized spacial score (nSPS) is 33.9. The topological polar surface area (TPSA) is 143 Å². The van der Waals surface area contributed by atoms with Crippen LogP contribution in [0.1, 0.15) is 6.23 Å². The molecule has 9 nitrogen and oxygen atoms in total. The van der Waals surface area contributed by atoms with Crippen LogP contribution in [0.25, 0.3) is 0 Å². The second-order valence-electron chi connectivity index (χ2n) is 4.49. The van der Waals surface area contributed by atoms with Crippen LogP contribution < -0.4 is 11.4 Å². The second-order valence-corrected chi connectivity index (χ2v) is 4.49. The lowest BCUT2D eigenvalue weighted by molar-refractivity contribution is -0.0847. The van der Waals surface area contributed by atoms with E-state index in [0.717, 1.165) is 4.57 Å². The number of aromatic nitrogens is 2. The summed E-state index contributed by atoms with van der Waals surface area (Å²) in [6.07, 6.45) is -1.58. The van der Waals surface area contributed by atoms with Crippen molar-refractivity contribution in [1.29, 1.82) is 0 Å². The maximum absolute atomic E-state index is 11.7. The summed E-state index contributed by atoms with van der Waals surface area (Å²) < 4.78 is 6.44. The third-order valence-corrected chi connectivity index (χ3v) is 3.18. The van der Waals surface area contributed by atoms with E-state index in [0.29, 0.717) is 0 Å². The van der Waals surface area contributed by atoms with Crippen LogP contribution in [0.4, 0.5) is 5.82 Å². The molecule has 20 heavy (non-hydrogen) atoms. The Bertz CT molecular complexity index is 574. The average molecular weight is 284 g/mol. The predicted molar refractivity (Wildman–Crippen MR) is 69.3 cm³/mol. The molecule has 0 amide bonds. The summed E-state index contributed by atoms with van der Waals surface area (Å²) in [5, 5.41) is 29.5. The average Bonchev–Trinajstić information content (AvgIpc) is 2.65. The van der Waals surface area contributed by atoms with Gasteiger partial charge in [0.05, 0.1) is 6.61 Å². The molecule has 2 rings (SSSR count). The van der Waals surface area contributed by atoms with E-state index in [4.69, 9.17) is 10.5 Å². The Morgan fingerprint density at radius 2 is 2.35 bits per heavy atom. The maximum atomic E-state index is 11.7. The van der Waals surface area contributed by atoms with E-state index in [-0.39, 0.29) is 5.82 Å². The summed E-state index contributed by atoms with van der Waals surface area (Å²) in [7, 11) is 1.43. The summed E-state index contributed by atoms with van der Waals surface area (Å²) in [6, 6.07) is 1.36. The van der Waals surface area contributed by atoms with Gasteiger partial charge in [-0.1, -0.05) is 0 Å². The first-order valence-corrected chi connectivity index (χ1v) is 5.88. The molecule has 0 unspecified atom stereocenters. The largest absolute Gasteiger partial charge is 0.393 e. The van der Waals surface area contributed by atoms with Crippen molar-refractivity contribution in [2.24, 2.45) is 4.99 Å². The highest BCUT2D eigenvalue weighted by Crippen LogP contribution is 2.35. The number of aliphatic hydroxyl groups excluding tert-OH is 3. The standard InChI is InChI=1S/C11H16N4O5/c1-13-4-11(5-16)8(18)7(17)9(20-11)15-3-2-6(12)14-10(15)19/h2-4,7-9,16-18H,5H2,1H3,(H2,12,14,19)/t7-,8+,9-,11-/m1/s1. The molecule has 1 aromatic rings. The lowest BCUT2D eigenvalue weighted by Crippen LogP contribution is -2.47. The van der Waals surface area contributed by atoms with Crippen LogP contribution in [0.2, 0.25) is 0 Å². The van der Waals surface area contributed by atoms with Gasteiger partial charge in [0, 0.05) is 19.5 Å². The first kappa shape index (κ1) is 14.6. The fourth-order valence-corrected chi connectivity index (χ4v) is 2.15. The Morgan fingerprint density at radius 3 is 2.90 bits per heavy atom. The van der Waals surface area contributed by atoms with Gasteiger partial charge in [0.15, 0.2) is 11.8 Å². The highest BCUT2D eigenvalue weighted by atomic mass is 16.6. The molecular weight excluding hydrogens is 268 g/mol. The van der Waals surface area contributed by atoms with Gasteiger partial charge in [0.1, 0.15) is 18.0 Å². The first-order chi connectivity index (χ1) is 9.45. The summed E-state index contributed by atoms with van der Waals surface area (Å²) in [5.74, 6) is 0.0304. The minimum absolute atomic E-state index is 0.0304. The minimum Gasteiger partial charge on any atom is -0.393 e. The molecule has 0 aromatic carbocycles. The molecule has 2 heterocycles. The number of nitrogen functional groups attached to an aromatic ring is 1. The van der Waals surface area contributed by atoms with Crippen molar-refractivity contribution >= 4 is 12.0 Å². The Kier molecular flexibility index (Phi) is 3.86. The number of aliphatic hydroxyl groups is 3. The molecule has 1 fully saturated rings. The van der Waals surface area contributed by atoms with Gasteiger partial charge in [0.25, 0.3) is 0 Å². The Labute approximate surface area is 114 Å². The number of rotatable bonds is 3. The van der Waals surface area contributed by atoms with Crippen LogP contribution in [0, 0.1) is 0 Å². The predicted octanol–water partition coefficient (Wildman–Crippen LogP) is -2.49. The summed E-state index contributed by atoms with van der Waals surface area (Å²) in [6.45, 7) is -0.601. The van der Waals surface area contributed by atoms with Gasteiger partial charge in [-0.3, -0.25) is 9.56 Å². The zero-order valence-corrected chi connectivity index (χ0v) is 10.7. The van der Waals surface area contributed by atoms with E-state index >= 15 is 0 Å². The van der Waals surface area contributed by atoms with Crippen molar-refractivity contribution in [3.05, 3.63) is 22.7 Å². The number of hydrogen-bond donors (Lipinski definition) is 4. The summed E-state index contributed by atoms with van der Waals surface area (Å²) >= 11 is 0. The number of ether oxygens (including phenoxy) is 1. The molecule has 1 saturated heterocycles. The third-order valence-electron chi connectivity index (χ3n) is 3.18. The van der Waals surface area contributed by atoms with E-state index in [2.05, 4.69) is 9.98 Å². The quantitative estimate of drug-likeness (QED) is 0.449. The van der Waals surface area contributed by atoms with Crippen LogP contribution in [0.15, 0.2) is 22.1 Å². The molecule has 1 aliphatic heterocycles. The molecule has 9 heteroatoms. The summed E-state index contributed by atoms with van der Waals surface area (Å²) in [4.78, 5) is 19.0. The van der Waals surface area contributed by atoms with Crippen LogP contribution >= 0.6 is 0 Å². The third kappa shape index (κ3) is 2.20. The Hall–Kier alpha value is -1.81. The highest BCUT2D eigenvalue weighted by molar-refractivity contribution is 5.70. The monoisotopic (exact) mass is 284 g/mol. The van der Waals surface area contributed by atoms with Gasteiger partial charge in [-0.2, -0.15) is 4.98 Å². The van der Waals surface area contributed by atoms with Crippen molar-refractivity contribution in [3.8, 4) is 0 Å². The number of aliphatic imine (C=N–C) groups is 1. The lowest BCUT2D eigenvalue weighted by atomic mass is 9.97. The van der Waals surface area contributed by atoms with Crippen LogP contribution in [-0.2, 0) is 4.74 Å². The molecule has 4 atom stereocenters.